The summed E-state index contributed by atoms with van der Waals surface area (Å²) in [5.41, 5.74) is 3.20. The number of hydrogen-bond acceptors (Lipinski definition) is 4. The van der Waals surface area contributed by atoms with Gasteiger partial charge in [0.2, 0.25) is 0 Å². The molecule has 4 rings (SSSR count). The van der Waals surface area contributed by atoms with Crippen molar-refractivity contribution in [1.82, 2.24) is 10.2 Å². The van der Waals surface area contributed by atoms with Gasteiger partial charge in [0.05, 0.1) is 5.69 Å². The number of rotatable bonds is 4. The number of anilines is 2. The van der Waals surface area contributed by atoms with Crippen LogP contribution in [-0.2, 0) is 0 Å². The van der Waals surface area contributed by atoms with Crippen molar-refractivity contribution in [3.05, 3.63) is 69.8 Å². The molecule has 0 saturated carbocycles. The summed E-state index contributed by atoms with van der Waals surface area (Å²) >= 11 is 2.22. The molecule has 0 bridgehead atoms. The number of halogens is 1. The number of piperidine rings is 1. The average molecular weight is 498 g/mol. The molecule has 0 unspecified atom stereocenters. The fraction of sp³-hybridized carbons (Fsp3) is 0.261. The summed E-state index contributed by atoms with van der Waals surface area (Å²) in [6, 6.07) is 19.2. The quantitative estimate of drug-likeness (QED) is 0.501. The lowest BCUT2D eigenvalue weighted by Gasteiger charge is -2.30. The Balaban J connectivity index is 1.41. The van der Waals surface area contributed by atoms with E-state index in [4.69, 9.17) is 0 Å². The highest BCUT2D eigenvalue weighted by Gasteiger charge is 2.17. The largest absolute Gasteiger partial charge is 0.355 e. The van der Waals surface area contributed by atoms with Gasteiger partial charge in [0, 0.05) is 33.5 Å². The fourth-order valence-electron chi connectivity index (χ4n) is 3.41. The Labute approximate surface area is 184 Å². The van der Waals surface area contributed by atoms with Gasteiger partial charge < -0.3 is 10.2 Å². The first-order chi connectivity index (χ1) is 14.1. The van der Waals surface area contributed by atoms with Gasteiger partial charge in [-0.25, -0.2) is 0 Å². The van der Waals surface area contributed by atoms with E-state index in [0.717, 1.165) is 45.3 Å². The van der Waals surface area contributed by atoms with Gasteiger partial charge in [0.15, 0.2) is 5.82 Å². The number of carbonyl (C=O) groups excluding carboxylic acids is 1. The first-order valence-corrected chi connectivity index (χ1v) is 10.9. The smallest absolute Gasteiger partial charge is 0.255 e. The highest BCUT2D eigenvalue weighted by molar-refractivity contribution is 14.1. The van der Waals surface area contributed by atoms with Crippen molar-refractivity contribution in [2.75, 3.05) is 23.3 Å². The predicted octanol–water partition coefficient (Wildman–Crippen LogP) is 5.24. The molecule has 5 nitrogen and oxygen atoms in total. The van der Waals surface area contributed by atoms with Crippen LogP contribution in [-0.4, -0.2) is 29.2 Å². The molecule has 2 aromatic carbocycles. The molecule has 2 heterocycles. The van der Waals surface area contributed by atoms with Crippen LogP contribution >= 0.6 is 22.6 Å². The molecule has 1 amide bonds. The van der Waals surface area contributed by atoms with E-state index < -0.39 is 0 Å². The van der Waals surface area contributed by atoms with Crippen LogP contribution in [0, 0.1) is 9.49 Å². The third kappa shape index (κ3) is 4.93. The highest BCUT2D eigenvalue weighted by atomic mass is 127. The zero-order valence-electron chi connectivity index (χ0n) is 16.3. The molecular weight excluding hydrogens is 475 g/mol. The van der Waals surface area contributed by atoms with Crippen LogP contribution in [0.5, 0.6) is 0 Å². The minimum Gasteiger partial charge on any atom is -0.355 e. The van der Waals surface area contributed by atoms with Crippen LogP contribution in [0.4, 0.5) is 11.5 Å². The molecule has 3 aromatic rings. The molecule has 0 aliphatic carbocycles. The number of aromatic nitrogens is 2. The van der Waals surface area contributed by atoms with Gasteiger partial charge in [0.25, 0.3) is 5.91 Å². The SMILES string of the molecule is CC1CCN(c2ccc(-c3ccc(NC(=O)c4ccc(I)cc4)cc3)nn2)CC1. The molecule has 1 saturated heterocycles. The van der Waals surface area contributed by atoms with Crippen LogP contribution in [0.25, 0.3) is 11.3 Å². The van der Waals surface area contributed by atoms with Gasteiger partial charge in [-0.3, -0.25) is 4.79 Å². The Morgan fingerprint density at radius 1 is 0.966 bits per heavy atom. The molecule has 1 aliphatic rings. The van der Waals surface area contributed by atoms with E-state index in [1.54, 1.807) is 0 Å². The summed E-state index contributed by atoms with van der Waals surface area (Å²) in [5.74, 6) is 1.62. The van der Waals surface area contributed by atoms with Crippen LogP contribution in [0.15, 0.2) is 60.7 Å². The minimum atomic E-state index is -0.117. The van der Waals surface area contributed by atoms with E-state index in [2.05, 4.69) is 49.9 Å². The topological polar surface area (TPSA) is 58.1 Å². The number of benzene rings is 2. The third-order valence-corrected chi connectivity index (χ3v) is 6.02. The molecule has 0 radical (unpaired) electrons. The Kier molecular flexibility index (Phi) is 6.08. The summed E-state index contributed by atoms with van der Waals surface area (Å²) < 4.78 is 1.10. The molecule has 1 aliphatic heterocycles. The standard InChI is InChI=1S/C23H23IN4O/c1-16-12-14-28(15-13-16)22-11-10-21(26-27-22)17-4-8-20(9-5-17)25-23(29)18-2-6-19(24)7-3-18/h2-11,16H,12-15H2,1H3,(H,25,29). The Morgan fingerprint density at radius 2 is 1.66 bits per heavy atom. The van der Waals surface area contributed by atoms with Crippen LogP contribution in [0.2, 0.25) is 0 Å². The van der Waals surface area contributed by atoms with Crippen LogP contribution in [0.3, 0.4) is 0 Å². The fourth-order valence-corrected chi connectivity index (χ4v) is 3.77. The summed E-state index contributed by atoms with van der Waals surface area (Å²) in [7, 11) is 0. The van der Waals surface area contributed by atoms with Gasteiger partial charge in [-0.2, -0.15) is 0 Å². The van der Waals surface area contributed by atoms with Crippen molar-refractivity contribution in [1.29, 1.82) is 0 Å². The van der Waals surface area contributed by atoms with E-state index in [1.807, 2.05) is 60.7 Å². The molecule has 148 valence electrons. The molecule has 0 atom stereocenters. The number of amides is 1. The van der Waals surface area contributed by atoms with Gasteiger partial charge in [0.1, 0.15) is 0 Å². The lowest BCUT2D eigenvalue weighted by Crippen LogP contribution is -2.33. The maximum atomic E-state index is 12.3. The van der Waals surface area contributed by atoms with Gasteiger partial charge in [-0.15, -0.1) is 10.2 Å². The summed E-state index contributed by atoms with van der Waals surface area (Å²) in [4.78, 5) is 14.7. The van der Waals surface area contributed by atoms with Crippen molar-refractivity contribution in [3.8, 4) is 11.3 Å². The number of nitrogens with zero attached hydrogens (tertiary/aromatic N) is 3. The zero-order chi connectivity index (χ0) is 20.2. The van der Waals surface area contributed by atoms with Crippen molar-refractivity contribution in [3.63, 3.8) is 0 Å². The molecule has 0 spiro atoms. The summed E-state index contributed by atoms with van der Waals surface area (Å²) in [5, 5.41) is 11.8. The molecular formula is C23H23IN4O. The van der Waals surface area contributed by atoms with Crippen molar-refractivity contribution < 1.29 is 4.79 Å². The monoisotopic (exact) mass is 498 g/mol. The van der Waals surface area contributed by atoms with E-state index in [1.165, 1.54) is 12.8 Å². The first kappa shape index (κ1) is 19.8. The minimum absolute atomic E-state index is 0.117. The van der Waals surface area contributed by atoms with Crippen LogP contribution in [0.1, 0.15) is 30.1 Å². The Morgan fingerprint density at radius 3 is 2.28 bits per heavy atom. The summed E-state index contributed by atoms with van der Waals surface area (Å²) in [6.45, 7) is 4.40. The number of hydrogen-bond donors (Lipinski definition) is 1. The lowest BCUT2D eigenvalue weighted by atomic mass is 9.99. The predicted molar refractivity (Wildman–Crippen MR) is 125 cm³/mol. The van der Waals surface area contributed by atoms with Crippen molar-refractivity contribution in [2.45, 2.75) is 19.8 Å². The Bertz CT molecular complexity index is 963. The van der Waals surface area contributed by atoms with E-state index in [9.17, 15) is 4.79 Å². The van der Waals surface area contributed by atoms with Gasteiger partial charge in [-0.1, -0.05) is 19.1 Å². The molecule has 1 aromatic heterocycles. The van der Waals surface area contributed by atoms with Gasteiger partial charge >= 0.3 is 0 Å². The van der Waals surface area contributed by atoms with Crippen molar-refractivity contribution >= 4 is 40.0 Å². The number of nitrogens with one attached hydrogen (secondary N) is 1. The average Bonchev–Trinajstić information content (AvgIpc) is 2.75. The second kappa shape index (κ2) is 8.90. The molecule has 6 heteroatoms. The number of carbonyl (C=O) groups is 1. The van der Waals surface area contributed by atoms with E-state index in [-0.39, 0.29) is 5.91 Å². The van der Waals surface area contributed by atoms with E-state index >= 15 is 0 Å². The van der Waals surface area contributed by atoms with E-state index in [0.29, 0.717) is 5.56 Å². The zero-order valence-corrected chi connectivity index (χ0v) is 18.5. The molecule has 29 heavy (non-hydrogen) atoms. The summed E-state index contributed by atoms with van der Waals surface area (Å²) in [6.07, 6.45) is 2.41. The second-order valence-electron chi connectivity index (χ2n) is 7.48. The van der Waals surface area contributed by atoms with Crippen LogP contribution < -0.4 is 10.2 Å². The Hall–Kier alpha value is -2.48. The highest BCUT2D eigenvalue weighted by Crippen LogP contribution is 2.24. The maximum Gasteiger partial charge on any atom is 0.255 e. The normalized spacial score (nSPS) is 14.6. The molecule has 1 fully saturated rings. The maximum absolute atomic E-state index is 12.3. The first-order valence-electron chi connectivity index (χ1n) is 9.84. The third-order valence-electron chi connectivity index (χ3n) is 5.30. The molecule has 1 N–H and O–H groups in total. The lowest BCUT2D eigenvalue weighted by molar-refractivity contribution is 0.102. The second-order valence-corrected chi connectivity index (χ2v) is 8.73. The van der Waals surface area contributed by atoms with Gasteiger partial charge in [-0.05, 0) is 89.9 Å². The van der Waals surface area contributed by atoms with Crippen molar-refractivity contribution in [2.24, 2.45) is 5.92 Å².